The summed E-state index contributed by atoms with van der Waals surface area (Å²) in [7, 11) is 0. The van der Waals surface area contributed by atoms with E-state index in [2.05, 4.69) is 16.8 Å². The monoisotopic (exact) mass is 409 g/mol. The average molecular weight is 410 g/mol. The molecule has 0 radical (unpaired) electrons. The Hall–Kier alpha value is -2.57. The van der Waals surface area contributed by atoms with Crippen molar-refractivity contribution < 1.29 is 9.18 Å². The quantitative estimate of drug-likeness (QED) is 0.632. The van der Waals surface area contributed by atoms with Gasteiger partial charge >= 0.3 is 0 Å². The van der Waals surface area contributed by atoms with Crippen LogP contribution in [0.1, 0.15) is 27.9 Å². The Morgan fingerprint density at radius 2 is 2.00 bits per heavy atom. The first-order valence-corrected chi connectivity index (χ1v) is 10.6. The molecule has 4 nitrogen and oxygen atoms in total. The highest BCUT2D eigenvalue weighted by Gasteiger charge is 2.29. The molecule has 1 atom stereocenters. The van der Waals surface area contributed by atoms with Gasteiger partial charge in [0.15, 0.2) is 0 Å². The molecule has 0 bridgehead atoms. The van der Waals surface area contributed by atoms with Crippen LogP contribution in [0.2, 0.25) is 0 Å². The summed E-state index contributed by atoms with van der Waals surface area (Å²) in [6.07, 6.45) is 1.82. The molecule has 0 aliphatic carbocycles. The Bertz CT molecular complexity index is 987. The van der Waals surface area contributed by atoms with Crippen molar-refractivity contribution in [1.29, 1.82) is 0 Å². The first-order chi connectivity index (χ1) is 14.0. The molecule has 150 valence electrons. The summed E-state index contributed by atoms with van der Waals surface area (Å²) in [5.74, 6) is -0.173. The first-order valence-electron chi connectivity index (χ1n) is 9.81. The van der Waals surface area contributed by atoms with Crippen molar-refractivity contribution in [2.24, 2.45) is 0 Å². The normalized spacial score (nSPS) is 17.5. The van der Waals surface area contributed by atoms with Crippen molar-refractivity contribution in [3.63, 3.8) is 0 Å². The highest BCUT2D eigenvalue weighted by Crippen LogP contribution is 2.33. The van der Waals surface area contributed by atoms with Gasteiger partial charge in [-0.1, -0.05) is 18.2 Å². The number of aromatic nitrogens is 1. The van der Waals surface area contributed by atoms with Crippen LogP contribution in [0.25, 0.3) is 10.4 Å². The highest BCUT2D eigenvalue weighted by molar-refractivity contribution is 7.17. The number of rotatable bonds is 4. The number of amides is 1. The minimum absolute atomic E-state index is 0.0800. The van der Waals surface area contributed by atoms with Crippen LogP contribution in [0.15, 0.2) is 54.7 Å². The van der Waals surface area contributed by atoms with Crippen LogP contribution in [0.3, 0.4) is 0 Å². The number of halogens is 1. The maximum Gasteiger partial charge on any atom is 0.264 e. The number of hydrogen-bond donors (Lipinski definition) is 0. The van der Waals surface area contributed by atoms with Gasteiger partial charge in [-0.2, -0.15) is 0 Å². The fourth-order valence-electron chi connectivity index (χ4n) is 3.82. The number of pyridine rings is 1. The zero-order valence-corrected chi connectivity index (χ0v) is 17.5. The molecule has 0 N–H and O–H groups in total. The molecular formula is C23H24FN3OS. The van der Waals surface area contributed by atoms with E-state index in [-0.39, 0.29) is 17.8 Å². The molecule has 2 aromatic heterocycles. The first kappa shape index (κ1) is 19.7. The topological polar surface area (TPSA) is 36.4 Å². The molecule has 4 rings (SSSR count). The van der Waals surface area contributed by atoms with Gasteiger partial charge in [-0.25, -0.2) is 4.39 Å². The Morgan fingerprint density at radius 3 is 2.69 bits per heavy atom. The van der Waals surface area contributed by atoms with E-state index in [9.17, 15) is 9.18 Å². The third-order valence-electron chi connectivity index (χ3n) is 5.32. The minimum Gasteiger partial charge on any atom is -0.333 e. The predicted octanol–water partition coefficient (Wildman–Crippen LogP) is 4.60. The van der Waals surface area contributed by atoms with E-state index in [1.807, 2.05) is 42.3 Å². The minimum atomic E-state index is -0.253. The van der Waals surface area contributed by atoms with E-state index in [1.165, 1.54) is 23.5 Å². The van der Waals surface area contributed by atoms with Crippen molar-refractivity contribution in [3.8, 4) is 10.4 Å². The van der Waals surface area contributed by atoms with Crippen molar-refractivity contribution >= 4 is 17.2 Å². The molecule has 1 amide bonds. The summed E-state index contributed by atoms with van der Waals surface area (Å²) >= 11 is 1.49. The van der Waals surface area contributed by atoms with Crippen molar-refractivity contribution in [2.45, 2.75) is 26.4 Å². The molecule has 1 aliphatic heterocycles. The molecule has 0 spiro atoms. The largest absolute Gasteiger partial charge is 0.333 e. The molecule has 0 saturated carbocycles. The van der Waals surface area contributed by atoms with Gasteiger partial charge in [0.05, 0.1) is 10.6 Å². The molecule has 6 heteroatoms. The number of aryl methyl sites for hydroxylation is 1. The van der Waals surface area contributed by atoms with Gasteiger partial charge in [0, 0.05) is 43.3 Å². The number of carbonyl (C=O) groups excluding carboxylic acids is 1. The Kier molecular flexibility index (Phi) is 5.74. The lowest BCUT2D eigenvalue weighted by atomic mass is 10.1. The average Bonchev–Trinajstić information content (AvgIpc) is 3.11. The van der Waals surface area contributed by atoms with Gasteiger partial charge < -0.3 is 4.90 Å². The second-order valence-electron chi connectivity index (χ2n) is 7.53. The summed E-state index contributed by atoms with van der Waals surface area (Å²) in [6.45, 7) is 7.28. The number of thiophene rings is 1. The Balaban J connectivity index is 1.45. The summed E-state index contributed by atoms with van der Waals surface area (Å²) < 4.78 is 13.2. The Labute approximate surface area is 174 Å². The fourth-order valence-corrected chi connectivity index (χ4v) is 4.95. The summed E-state index contributed by atoms with van der Waals surface area (Å²) in [5.41, 5.74) is 3.05. The molecule has 1 saturated heterocycles. The van der Waals surface area contributed by atoms with Crippen LogP contribution in [-0.4, -0.2) is 46.4 Å². The van der Waals surface area contributed by atoms with Crippen LogP contribution in [-0.2, 0) is 6.54 Å². The van der Waals surface area contributed by atoms with Crippen molar-refractivity contribution in [2.75, 3.05) is 19.6 Å². The number of hydrogen-bond acceptors (Lipinski definition) is 4. The van der Waals surface area contributed by atoms with Gasteiger partial charge in [-0.3, -0.25) is 14.7 Å². The molecule has 29 heavy (non-hydrogen) atoms. The number of nitrogens with zero attached hydrogens (tertiary/aromatic N) is 3. The van der Waals surface area contributed by atoms with E-state index >= 15 is 0 Å². The lowest BCUT2D eigenvalue weighted by molar-refractivity contribution is 0.0478. The van der Waals surface area contributed by atoms with Crippen molar-refractivity contribution in [1.82, 2.24) is 14.8 Å². The SMILES string of the molecule is Cc1cc(C(=O)N2CCN(Cc3ccccn3)C[C@H]2C)sc1-c1ccc(F)cc1. The van der Waals surface area contributed by atoms with Crippen LogP contribution in [0, 0.1) is 12.7 Å². The second kappa shape index (κ2) is 8.43. The van der Waals surface area contributed by atoms with Crippen LogP contribution in [0.4, 0.5) is 4.39 Å². The fraction of sp³-hybridized carbons (Fsp3) is 0.304. The standard InChI is InChI=1S/C23H24FN3OS/c1-16-13-21(29-22(16)18-6-8-19(24)9-7-18)23(28)27-12-11-26(14-17(27)2)15-20-5-3-4-10-25-20/h3-10,13,17H,11-12,14-15H2,1-2H3/t17-/m1/s1. The second-order valence-corrected chi connectivity index (χ2v) is 8.59. The van der Waals surface area contributed by atoms with Crippen LogP contribution in [0.5, 0.6) is 0 Å². The van der Waals surface area contributed by atoms with E-state index in [0.717, 1.165) is 46.2 Å². The maximum atomic E-state index is 13.2. The van der Waals surface area contributed by atoms with E-state index in [4.69, 9.17) is 0 Å². The maximum absolute atomic E-state index is 13.2. The molecule has 3 aromatic rings. The van der Waals surface area contributed by atoms with E-state index < -0.39 is 0 Å². The van der Waals surface area contributed by atoms with E-state index in [1.54, 1.807) is 12.1 Å². The van der Waals surface area contributed by atoms with Crippen molar-refractivity contribution in [3.05, 3.63) is 76.7 Å². The van der Waals surface area contributed by atoms with Crippen LogP contribution < -0.4 is 0 Å². The molecule has 1 aliphatic rings. The third kappa shape index (κ3) is 4.38. The highest BCUT2D eigenvalue weighted by atomic mass is 32.1. The van der Waals surface area contributed by atoms with Gasteiger partial charge in [0.1, 0.15) is 5.82 Å². The Morgan fingerprint density at radius 1 is 1.21 bits per heavy atom. The lowest BCUT2D eigenvalue weighted by Gasteiger charge is -2.39. The number of piperazine rings is 1. The zero-order chi connectivity index (χ0) is 20.4. The molecular weight excluding hydrogens is 385 g/mol. The summed E-state index contributed by atoms with van der Waals surface area (Å²) in [5, 5.41) is 0. The molecule has 3 heterocycles. The molecule has 1 aromatic carbocycles. The van der Waals surface area contributed by atoms with Gasteiger partial charge in [0.25, 0.3) is 5.91 Å². The predicted molar refractivity (Wildman–Crippen MR) is 114 cm³/mol. The molecule has 0 unspecified atom stereocenters. The van der Waals surface area contributed by atoms with Gasteiger partial charge in [-0.15, -0.1) is 11.3 Å². The van der Waals surface area contributed by atoms with E-state index in [0.29, 0.717) is 6.54 Å². The smallest absolute Gasteiger partial charge is 0.264 e. The van der Waals surface area contributed by atoms with Gasteiger partial charge in [-0.05, 0) is 55.3 Å². The lowest BCUT2D eigenvalue weighted by Crippen LogP contribution is -2.53. The third-order valence-corrected chi connectivity index (χ3v) is 6.59. The van der Waals surface area contributed by atoms with Crippen LogP contribution >= 0.6 is 11.3 Å². The zero-order valence-electron chi connectivity index (χ0n) is 16.6. The summed E-state index contributed by atoms with van der Waals surface area (Å²) in [4.78, 5) is 23.7. The number of carbonyl (C=O) groups is 1. The number of benzene rings is 1. The van der Waals surface area contributed by atoms with Gasteiger partial charge in [0.2, 0.25) is 0 Å². The molecule has 1 fully saturated rings. The summed E-state index contributed by atoms with van der Waals surface area (Å²) in [6, 6.07) is 14.5.